The van der Waals surface area contributed by atoms with Gasteiger partial charge in [-0.15, -0.1) is 0 Å². The summed E-state index contributed by atoms with van der Waals surface area (Å²) in [6.07, 6.45) is 52.4. The largest absolute Gasteiger partial charge is 0.462 e. The molecule has 0 aliphatic rings. The summed E-state index contributed by atoms with van der Waals surface area (Å²) in [5, 5.41) is 0. The molecule has 0 fully saturated rings. The monoisotopic (exact) mass is 919 g/mol. The average molecular weight is 920 g/mol. The molecule has 65 heavy (non-hydrogen) atoms. The zero-order valence-electron chi connectivity index (χ0n) is 44.8. The molecule has 0 saturated heterocycles. The predicted octanol–water partition coefficient (Wildman–Crippen LogP) is 19.1. The fourth-order valence-electron chi connectivity index (χ4n) is 9.00. The lowest BCUT2D eigenvalue weighted by molar-refractivity contribution is -0.167. The van der Waals surface area contributed by atoms with Crippen LogP contribution in [0.5, 0.6) is 0 Å². The van der Waals surface area contributed by atoms with Gasteiger partial charge in [0.05, 0.1) is 0 Å². The topological polar surface area (TPSA) is 78.9 Å². The Morgan fingerprint density at radius 3 is 0.662 bits per heavy atom. The number of hydrogen-bond donors (Lipinski definition) is 0. The molecule has 6 heteroatoms. The van der Waals surface area contributed by atoms with Gasteiger partial charge in [0.15, 0.2) is 6.10 Å². The summed E-state index contributed by atoms with van der Waals surface area (Å²) in [7, 11) is 0. The summed E-state index contributed by atoms with van der Waals surface area (Å²) < 4.78 is 16.9. The first-order valence-electron chi connectivity index (χ1n) is 29.1. The van der Waals surface area contributed by atoms with Gasteiger partial charge in [-0.1, -0.05) is 286 Å². The zero-order valence-corrected chi connectivity index (χ0v) is 44.8. The maximum absolute atomic E-state index is 12.9. The third-order valence-electron chi connectivity index (χ3n) is 13.4. The van der Waals surface area contributed by atoms with Gasteiger partial charge >= 0.3 is 17.9 Å². The van der Waals surface area contributed by atoms with Crippen molar-refractivity contribution < 1.29 is 28.6 Å². The van der Waals surface area contributed by atoms with Crippen LogP contribution in [-0.4, -0.2) is 37.2 Å². The molecule has 0 rings (SSSR count). The maximum atomic E-state index is 12.9. The van der Waals surface area contributed by atoms with Crippen LogP contribution in [0.1, 0.15) is 324 Å². The van der Waals surface area contributed by atoms with Crippen molar-refractivity contribution in [3.8, 4) is 0 Å². The minimum atomic E-state index is -0.764. The SMILES string of the molecule is CC(C)CCCCCCCCCCCCCCCCCCC(=O)O[C@@H](COC(=O)CCCCCCCCCCCCCCCCC(C)C)COC(=O)CCCCCCCCCCC(C)C. The highest BCUT2D eigenvalue weighted by atomic mass is 16.6. The normalized spacial score (nSPS) is 12.1. The standard InChI is InChI=1S/C59H114O6/c1-53(2)45-39-33-27-21-17-13-9-7-8-10-16-20-24-32-38-44-50-59(62)65-56(52-64-58(61)49-43-37-31-26-25-29-35-41-47-55(5)6)51-63-57(60)48-42-36-30-23-19-15-12-11-14-18-22-28-34-40-46-54(3)4/h53-56H,7-52H2,1-6H3/t56-/m0/s1. The lowest BCUT2D eigenvalue weighted by Crippen LogP contribution is -2.30. The van der Waals surface area contributed by atoms with E-state index < -0.39 is 6.10 Å². The highest BCUT2D eigenvalue weighted by Crippen LogP contribution is 2.18. The molecule has 6 nitrogen and oxygen atoms in total. The summed E-state index contributed by atoms with van der Waals surface area (Å²) in [5.41, 5.74) is 0. The van der Waals surface area contributed by atoms with E-state index >= 15 is 0 Å². The van der Waals surface area contributed by atoms with Gasteiger partial charge in [-0.05, 0) is 37.0 Å². The Morgan fingerprint density at radius 2 is 0.446 bits per heavy atom. The smallest absolute Gasteiger partial charge is 0.306 e. The van der Waals surface area contributed by atoms with Crippen LogP contribution in [0.25, 0.3) is 0 Å². The van der Waals surface area contributed by atoms with E-state index in [9.17, 15) is 14.4 Å². The highest BCUT2D eigenvalue weighted by molar-refractivity contribution is 5.71. The van der Waals surface area contributed by atoms with Crippen LogP contribution >= 0.6 is 0 Å². The van der Waals surface area contributed by atoms with Crippen molar-refractivity contribution in [2.24, 2.45) is 17.8 Å². The molecule has 0 aliphatic carbocycles. The van der Waals surface area contributed by atoms with E-state index in [4.69, 9.17) is 14.2 Å². The molecule has 0 bridgehead atoms. The molecular weight excluding hydrogens is 805 g/mol. The van der Waals surface area contributed by atoms with Crippen molar-refractivity contribution in [2.75, 3.05) is 13.2 Å². The predicted molar refractivity (Wildman–Crippen MR) is 279 cm³/mol. The van der Waals surface area contributed by atoms with Gasteiger partial charge < -0.3 is 14.2 Å². The average Bonchev–Trinajstić information content (AvgIpc) is 3.26. The van der Waals surface area contributed by atoms with E-state index in [1.807, 2.05) is 0 Å². The second kappa shape index (κ2) is 50.3. The van der Waals surface area contributed by atoms with E-state index in [0.29, 0.717) is 19.3 Å². The number of carbonyl (C=O) groups is 3. The first-order valence-corrected chi connectivity index (χ1v) is 29.1. The van der Waals surface area contributed by atoms with Gasteiger partial charge in [0.25, 0.3) is 0 Å². The number of unbranched alkanes of at least 4 members (excludes halogenated alkanes) is 35. The number of carbonyl (C=O) groups excluding carboxylic acids is 3. The van der Waals surface area contributed by atoms with Crippen molar-refractivity contribution in [1.29, 1.82) is 0 Å². The molecule has 0 aromatic heterocycles. The minimum Gasteiger partial charge on any atom is -0.462 e. The highest BCUT2D eigenvalue weighted by Gasteiger charge is 2.19. The molecular formula is C59H114O6. The van der Waals surface area contributed by atoms with Gasteiger partial charge in [-0.3, -0.25) is 14.4 Å². The van der Waals surface area contributed by atoms with Gasteiger partial charge in [-0.2, -0.15) is 0 Å². The summed E-state index contributed by atoms with van der Waals surface area (Å²) >= 11 is 0. The van der Waals surface area contributed by atoms with E-state index in [2.05, 4.69) is 41.5 Å². The molecule has 0 N–H and O–H groups in total. The summed E-state index contributed by atoms with van der Waals surface area (Å²) in [6, 6.07) is 0. The molecule has 0 amide bonds. The molecule has 0 aromatic carbocycles. The quantitative estimate of drug-likeness (QED) is 0.0344. The van der Waals surface area contributed by atoms with Crippen LogP contribution in [0.3, 0.4) is 0 Å². The molecule has 0 aliphatic heterocycles. The molecule has 386 valence electrons. The summed E-state index contributed by atoms with van der Waals surface area (Å²) in [6.45, 7) is 13.7. The van der Waals surface area contributed by atoms with Crippen molar-refractivity contribution in [1.82, 2.24) is 0 Å². The van der Waals surface area contributed by atoms with Crippen molar-refractivity contribution in [3.05, 3.63) is 0 Å². The van der Waals surface area contributed by atoms with Gasteiger partial charge in [0.2, 0.25) is 0 Å². The summed E-state index contributed by atoms with van der Waals surface area (Å²) in [4.78, 5) is 38.1. The van der Waals surface area contributed by atoms with Crippen LogP contribution < -0.4 is 0 Å². The van der Waals surface area contributed by atoms with E-state index in [-0.39, 0.29) is 31.1 Å². The van der Waals surface area contributed by atoms with Crippen LogP contribution in [0.4, 0.5) is 0 Å². The maximum Gasteiger partial charge on any atom is 0.306 e. The Balaban J connectivity index is 4.26. The first kappa shape index (κ1) is 63.4. The Kier molecular flexibility index (Phi) is 49.1. The first-order chi connectivity index (χ1) is 31.6. The lowest BCUT2D eigenvalue weighted by atomic mass is 10.0. The molecule has 0 aromatic rings. The number of esters is 3. The van der Waals surface area contributed by atoms with E-state index in [1.165, 1.54) is 205 Å². The van der Waals surface area contributed by atoms with Crippen molar-refractivity contribution in [3.63, 3.8) is 0 Å². The number of ether oxygens (including phenoxy) is 3. The Hall–Kier alpha value is -1.59. The molecule has 1 atom stereocenters. The van der Waals surface area contributed by atoms with Crippen LogP contribution in [0.15, 0.2) is 0 Å². The van der Waals surface area contributed by atoms with Crippen LogP contribution in [0.2, 0.25) is 0 Å². The van der Waals surface area contributed by atoms with Crippen molar-refractivity contribution in [2.45, 2.75) is 330 Å². The Labute approximate surface area is 406 Å². The van der Waals surface area contributed by atoms with Crippen LogP contribution in [0, 0.1) is 17.8 Å². The lowest BCUT2D eigenvalue weighted by Gasteiger charge is -2.18. The number of hydrogen-bond acceptors (Lipinski definition) is 6. The second-order valence-corrected chi connectivity index (χ2v) is 21.7. The fourth-order valence-corrected chi connectivity index (χ4v) is 9.00. The molecule has 0 saturated carbocycles. The van der Waals surface area contributed by atoms with Gasteiger partial charge in [-0.25, -0.2) is 0 Å². The third-order valence-corrected chi connectivity index (χ3v) is 13.4. The minimum absolute atomic E-state index is 0.0638. The fraction of sp³-hybridized carbons (Fsp3) is 0.949. The molecule has 0 unspecified atom stereocenters. The molecule has 0 radical (unpaired) electrons. The summed E-state index contributed by atoms with van der Waals surface area (Å²) in [5.74, 6) is 1.65. The molecule has 0 spiro atoms. The van der Waals surface area contributed by atoms with E-state index in [1.54, 1.807) is 0 Å². The third kappa shape index (κ3) is 53.2. The van der Waals surface area contributed by atoms with Gasteiger partial charge in [0.1, 0.15) is 13.2 Å². The Bertz CT molecular complexity index is 1010. The van der Waals surface area contributed by atoms with Crippen molar-refractivity contribution >= 4 is 17.9 Å². The molecule has 0 heterocycles. The zero-order chi connectivity index (χ0) is 47.7. The number of rotatable bonds is 52. The Morgan fingerprint density at radius 1 is 0.262 bits per heavy atom. The second-order valence-electron chi connectivity index (χ2n) is 21.7. The van der Waals surface area contributed by atoms with E-state index in [0.717, 1.165) is 75.5 Å². The van der Waals surface area contributed by atoms with Crippen LogP contribution in [-0.2, 0) is 28.6 Å². The van der Waals surface area contributed by atoms with Gasteiger partial charge in [0, 0.05) is 19.3 Å².